The third kappa shape index (κ3) is 4.51. The van der Waals surface area contributed by atoms with Crippen molar-refractivity contribution in [3.8, 4) is 0 Å². The Morgan fingerprint density at radius 3 is 2.42 bits per heavy atom. The maximum Gasteiger partial charge on any atom is 0.416 e. The van der Waals surface area contributed by atoms with Gasteiger partial charge in [-0.1, -0.05) is 41.4 Å². The molecule has 2 heterocycles. The molecule has 33 heavy (non-hydrogen) atoms. The van der Waals surface area contributed by atoms with Crippen LogP contribution in [0.3, 0.4) is 0 Å². The van der Waals surface area contributed by atoms with Crippen molar-refractivity contribution in [2.45, 2.75) is 18.8 Å². The Balaban J connectivity index is 1.81. The molecular formula is C23H14Cl2F3NO3S. The summed E-state index contributed by atoms with van der Waals surface area (Å²) in [6.07, 6.45) is -4.55. The molecule has 1 amide bonds. The number of carbonyl (C=O) groups is 2. The summed E-state index contributed by atoms with van der Waals surface area (Å²) in [7, 11) is 0. The predicted octanol–water partition coefficient (Wildman–Crippen LogP) is 6.70. The van der Waals surface area contributed by atoms with Gasteiger partial charge < -0.3 is 10.0 Å². The van der Waals surface area contributed by atoms with E-state index in [0.717, 1.165) is 17.0 Å². The summed E-state index contributed by atoms with van der Waals surface area (Å²) in [6, 6.07) is 11.2. The number of hydrogen-bond donors (Lipinski definition) is 1. The summed E-state index contributed by atoms with van der Waals surface area (Å²) in [5, 5.41) is 13.1. The third-order valence-corrected chi connectivity index (χ3v) is 6.82. The molecule has 170 valence electrons. The van der Waals surface area contributed by atoms with Crippen LogP contribution in [-0.2, 0) is 22.3 Å². The number of Topliss-reactive ketones (excluding diaryl/α,β-unsaturated/α-hetero) is 1. The molecule has 1 aromatic heterocycles. The summed E-state index contributed by atoms with van der Waals surface area (Å²) in [6.45, 7) is -0.255. The van der Waals surface area contributed by atoms with Gasteiger partial charge in [-0.25, -0.2) is 0 Å². The molecular weight excluding hydrogens is 498 g/mol. The van der Waals surface area contributed by atoms with E-state index in [1.165, 1.54) is 41.7 Å². The van der Waals surface area contributed by atoms with Crippen LogP contribution in [0.2, 0.25) is 10.0 Å². The van der Waals surface area contributed by atoms with Crippen molar-refractivity contribution in [1.82, 2.24) is 4.90 Å². The number of likely N-dealkylation sites (tertiary alicyclic amines) is 1. The van der Waals surface area contributed by atoms with Gasteiger partial charge in [0.25, 0.3) is 11.7 Å². The summed E-state index contributed by atoms with van der Waals surface area (Å²) >= 11 is 13.2. The Bertz CT molecular complexity index is 1270. The number of aliphatic hydroxyl groups excluding tert-OH is 1. The number of aliphatic hydroxyl groups is 1. The SMILES string of the molecule is O=C1C(=O)N(Cc2cccc(C(F)(F)F)c2)C(c2cccs2)/C1=C(/O)c1ccc(Cl)c(Cl)c1. The Labute approximate surface area is 200 Å². The van der Waals surface area contributed by atoms with E-state index in [9.17, 15) is 27.9 Å². The number of rotatable bonds is 4. The normalized spacial score (nSPS) is 18.2. The van der Waals surface area contributed by atoms with E-state index < -0.39 is 35.2 Å². The molecule has 4 nitrogen and oxygen atoms in total. The molecule has 0 radical (unpaired) electrons. The van der Waals surface area contributed by atoms with Gasteiger partial charge in [0.1, 0.15) is 5.76 Å². The lowest BCUT2D eigenvalue weighted by Crippen LogP contribution is -2.29. The number of thiophene rings is 1. The van der Waals surface area contributed by atoms with Crippen molar-refractivity contribution in [2.24, 2.45) is 0 Å². The number of alkyl halides is 3. The van der Waals surface area contributed by atoms with Gasteiger partial charge in [-0.05, 0) is 47.3 Å². The number of benzene rings is 2. The van der Waals surface area contributed by atoms with Gasteiger partial charge in [0.05, 0.1) is 27.2 Å². The predicted molar refractivity (Wildman–Crippen MR) is 120 cm³/mol. The van der Waals surface area contributed by atoms with E-state index >= 15 is 0 Å². The highest BCUT2D eigenvalue weighted by Crippen LogP contribution is 2.42. The van der Waals surface area contributed by atoms with Crippen molar-refractivity contribution in [2.75, 3.05) is 0 Å². The second kappa shape index (κ2) is 8.85. The number of nitrogens with zero attached hydrogens (tertiary/aromatic N) is 1. The monoisotopic (exact) mass is 511 g/mol. The molecule has 3 aromatic rings. The molecule has 4 rings (SSSR count). The molecule has 0 saturated carbocycles. The number of carbonyl (C=O) groups excluding carboxylic acids is 2. The third-order valence-electron chi connectivity index (χ3n) is 5.15. The zero-order valence-corrected chi connectivity index (χ0v) is 18.9. The van der Waals surface area contributed by atoms with Gasteiger partial charge in [0.15, 0.2) is 0 Å². The van der Waals surface area contributed by atoms with Crippen LogP contribution in [0.25, 0.3) is 5.76 Å². The molecule has 2 aromatic carbocycles. The molecule has 1 aliphatic heterocycles. The van der Waals surface area contributed by atoms with Gasteiger partial charge in [-0.15, -0.1) is 11.3 Å². The summed E-state index contributed by atoms with van der Waals surface area (Å²) in [5.41, 5.74) is -0.654. The number of ketones is 1. The van der Waals surface area contributed by atoms with Crippen LogP contribution < -0.4 is 0 Å². The minimum Gasteiger partial charge on any atom is -0.507 e. The minimum absolute atomic E-state index is 0.145. The lowest BCUT2D eigenvalue weighted by atomic mass is 9.99. The molecule has 0 bridgehead atoms. The highest BCUT2D eigenvalue weighted by Gasteiger charge is 2.46. The Kier molecular flexibility index (Phi) is 6.26. The van der Waals surface area contributed by atoms with Crippen LogP contribution >= 0.6 is 34.5 Å². The van der Waals surface area contributed by atoms with E-state index in [1.54, 1.807) is 17.5 Å². The Morgan fingerprint density at radius 2 is 1.79 bits per heavy atom. The van der Waals surface area contributed by atoms with Crippen molar-refractivity contribution in [3.63, 3.8) is 0 Å². The molecule has 1 N–H and O–H groups in total. The van der Waals surface area contributed by atoms with Crippen LogP contribution in [0, 0.1) is 0 Å². The molecule has 1 fully saturated rings. The van der Waals surface area contributed by atoms with Gasteiger partial charge in [-0.2, -0.15) is 13.2 Å². The number of amides is 1. The summed E-state index contributed by atoms with van der Waals surface area (Å²) in [4.78, 5) is 27.6. The van der Waals surface area contributed by atoms with Crippen LogP contribution in [-0.4, -0.2) is 21.7 Å². The highest BCUT2D eigenvalue weighted by atomic mass is 35.5. The lowest BCUT2D eigenvalue weighted by Gasteiger charge is -2.24. The average Bonchev–Trinajstić information content (AvgIpc) is 3.38. The van der Waals surface area contributed by atoms with E-state index in [1.807, 2.05) is 0 Å². The zero-order chi connectivity index (χ0) is 23.9. The maximum absolute atomic E-state index is 13.1. The fourth-order valence-corrected chi connectivity index (χ4v) is 4.77. The second-order valence-corrected chi connectivity index (χ2v) is 9.06. The first-order valence-corrected chi connectivity index (χ1v) is 11.1. The average molecular weight is 512 g/mol. The minimum atomic E-state index is -4.55. The molecule has 1 atom stereocenters. The number of halogens is 5. The van der Waals surface area contributed by atoms with Gasteiger partial charge in [0.2, 0.25) is 0 Å². The standard InChI is InChI=1S/C23H14Cl2F3NO3S/c24-15-7-6-13(10-16(15)25)20(30)18-19(17-5-2-8-33-17)29(22(32)21(18)31)11-12-3-1-4-14(9-12)23(26,27)28/h1-10,19,30H,11H2/b20-18-. The quantitative estimate of drug-likeness (QED) is 0.241. The lowest BCUT2D eigenvalue weighted by molar-refractivity contribution is -0.140. The molecule has 1 unspecified atom stereocenters. The largest absolute Gasteiger partial charge is 0.507 e. The van der Waals surface area contributed by atoms with Crippen LogP contribution in [0.15, 0.2) is 65.6 Å². The fourth-order valence-electron chi connectivity index (χ4n) is 3.63. The van der Waals surface area contributed by atoms with Crippen LogP contribution in [0.4, 0.5) is 13.2 Å². The first-order chi connectivity index (χ1) is 15.6. The molecule has 1 aliphatic rings. The first kappa shape index (κ1) is 23.4. The van der Waals surface area contributed by atoms with Crippen molar-refractivity contribution < 1.29 is 27.9 Å². The maximum atomic E-state index is 13.1. The van der Waals surface area contributed by atoms with Gasteiger partial charge in [0, 0.05) is 17.0 Å². The van der Waals surface area contributed by atoms with E-state index in [4.69, 9.17) is 23.2 Å². The second-order valence-electron chi connectivity index (χ2n) is 7.27. The van der Waals surface area contributed by atoms with Crippen LogP contribution in [0.1, 0.15) is 27.6 Å². The van der Waals surface area contributed by atoms with Crippen LogP contribution in [0.5, 0.6) is 0 Å². The van der Waals surface area contributed by atoms with Gasteiger partial charge in [-0.3, -0.25) is 9.59 Å². The molecule has 10 heteroatoms. The van der Waals surface area contributed by atoms with E-state index in [-0.39, 0.29) is 33.3 Å². The first-order valence-electron chi connectivity index (χ1n) is 9.51. The van der Waals surface area contributed by atoms with Crippen molar-refractivity contribution >= 4 is 52.0 Å². The number of hydrogen-bond acceptors (Lipinski definition) is 4. The van der Waals surface area contributed by atoms with E-state index in [0.29, 0.717) is 4.88 Å². The fraction of sp³-hybridized carbons (Fsp3) is 0.130. The highest BCUT2D eigenvalue weighted by molar-refractivity contribution is 7.10. The summed E-state index contributed by atoms with van der Waals surface area (Å²) < 4.78 is 39.4. The van der Waals surface area contributed by atoms with E-state index in [2.05, 4.69) is 0 Å². The smallest absolute Gasteiger partial charge is 0.416 e. The van der Waals surface area contributed by atoms with Crippen molar-refractivity contribution in [3.05, 3.63) is 97.2 Å². The van der Waals surface area contributed by atoms with Gasteiger partial charge >= 0.3 is 6.18 Å². The Hall–Kier alpha value is -2.81. The van der Waals surface area contributed by atoms with Crippen molar-refractivity contribution in [1.29, 1.82) is 0 Å². The Morgan fingerprint density at radius 1 is 1.03 bits per heavy atom. The zero-order valence-electron chi connectivity index (χ0n) is 16.6. The summed E-state index contributed by atoms with van der Waals surface area (Å²) in [5.74, 6) is -2.31. The topological polar surface area (TPSA) is 57.6 Å². The molecule has 0 aliphatic carbocycles. The molecule has 1 saturated heterocycles. The molecule has 0 spiro atoms.